The second-order valence-electron chi connectivity index (χ2n) is 4.58. The average Bonchev–Trinajstić information content (AvgIpc) is 2.32. The molecule has 1 aromatic rings. The molecule has 17 heavy (non-hydrogen) atoms. The Kier molecular flexibility index (Phi) is 4.20. The summed E-state index contributed by atoms with van der Waals surface area (Å²) in [6.07, 6.45) is 4.13. The van der Waals surface area contributed by atoms with E-state index in [1.165, 1.54) is 0 Å². The highest BCUT2D eigenvalue weighted by Gasteiger charge is 2.16. The van der Waals surface area contributed by atoms with Crippen molar-refractivity contribution in [1.82, 2.24) is 4.98 Å². The maximum absolute atomic E-state index is 5.67. The second kappa shape index (κ2) is 5.87. The molecule has 2 rings (SSSR count). The van der Waals surface area contributed by atoms with Crippen molar-refractivity contribution in [3.05, 3.63) is 18.3 Å². The van der Waals surface area contributed by atoms with Crippen LogP contribution < -0.4 is 10.1 Å². The standard InChI is InChI=1S/C13H20N2O2/c1-10(2)17-13-12(6-3-7-14-13)15-11-5-4-8-16-9-11/h3,6-7,10-11,15H,4-5,8-9H2,1-2H3. The molecular formula is C13H20N2O2. The fourth-order valence-electron chi connectivity index (χ4n) is 1.89. The van der Waals surface area contributed by atoms with Crippen LogP contribution in [0, 0.1) is 0 Å². The van der Waals surface area contributed by atoms with Crippen LogP contribution in [0.1, 0.15) is 26.7 Å². The van der Waals surface area contributed by atoms with Gasteiger partial charge in [0.1, 0.15) is 0 Å². The Morgan fingerprint density at radius 3 is 3.12 bits per heavy atom. The first kappa shape index (κ1) is 12.2. The molecule has 1 unspecified atom stereocenters. The van der Waals surface area contributed by atoms with E-state index >= 15 is 0 Å². The number of hydrogen-bond donors (Lipinski definition) is 1. The first-order chi connectivity index (χ1) is 8.25. The van der Waals surface area contributed by atoms with E-state index in [-0.39, 0.29) is 6.10 Å². The largest absolute Gasteiger partial charge is 0.473 e. The molecule has 0 saturated carbocycles. The molecule has 0 aromatic carbocycles. The smallest absolute Gasteiger partial charge is 0.237 e. The minimum atomic E-state index is 0.132. The molecule has 0 aliphatic carbocycles. The molecule has 2 heterocycles. The van der Waals surface area contributed by atoms with Crippen LogP contribution >= 0.6 is 0 Å². The van der Waals surface area contributed by atoms with Crippen molar-refractivity contribution < 1.29 is 9.47 Å². The lowest BCUT2D eigenvalue weighted by Crippen LogP contribution is -2.30. The zero-order valence-electron chi connectivity index (χ0n) is 10.5. The molecule has 4 heteroatoms. The monoisotopic (exact) mass is 236 g/mol. The third-order valence-corrected chi connectivity index (χ3v) is 2.64. The summed E-state index contributed by atoms with van der Waals surface area (Å²) in [5.74, 6) is 0.674. The number of hydrogen-bond acceptors (Lipinski definition) is 4. The molecule has 0 amide bonds. The quantitative estimate of drug-likeness (QED) is 0.872. The van der Waals surface area contributed by atoms with E-state index in [1.807, 2.05) is 26.0 Å². The van der Waals surface area contributed by atoms with Crippen molar-refractivity contribution in [2.24, 2.45) is 0 Å². The predicted molar refractivity (Wildman–Crippen MR) is 67.5 cm³/mol. The van der Waals surface area contributed by atoms with Gasteiger partial charge < -0.3 is 14.8 Å². The van der Waals surface area contributed by atoms with Crippen LogP contribution in [0.3, 0.4) is 0 Å². The van der Waals surface area contributed by atoms with E-state index in [9.17, 15) is 0 Å². The molecule has 0 spiro atoms. The van der Waals surface area contributed by atoms with Gasteiger partial charge in [-0.2, -0.15) is 0 Å². The zero-order chi connectivity index (χ0) is 12.1. The van der Waals surface area contributed by atoms with Crippen LogP contribution in [0.25, 0.3) is 0 Å². The van der Waals surface area contributed by atoms with Crippen molar-refractivity contribution in [3.63, 3.8) is 0 Å². The summed E-state index contributed by atoms with van der Waals surface area (Å²) in [5, 5.41) is 3.44. The lowest BCUT2D eigenvalue weighted by atomic mass is 10.1. The number of nitrogens with zero attached hydrogens (tertiary/aromatic N) is 1. The van der Waals surface area contributed by atoms with Gasteiger partial charge in [-0.15, -0.1) is 0 Å². The molecule has 1 saturated heterocycles. The van der Waals surface area contributed by atoms with Gasteiger partial charge >= 0.3 is 0 Å². The third kappa shape index (κ3) is 3.60. The summed E-state index contributed by atoms with van der Waals surface area (Å²) in [5.41, 5.74) is 0.955. The minimum absolute atomic E-state index is 0.132. The lowest BCUT2D eigenvalue weighted by Gasteiger charge is -2.25. The van der Waals surface area contributed by atoms with Crippen LogP contribution in [0.5, 0.6) is 5.88 Å². The summed E-state index contributed by atoms with van der Waals surface area (Å²) in [6, 6.07) is 4.28. The Morgan fingerprint density at radius 1 is 1.53 bits per heavy atom. The number of aromatic nitrogens is 1. The fraction of sp³-hybridized carbons (Fsp3) is 0.615. The van der Waals surface area contributed by atoms with Crippen molar-refractivity contribution in [3.8, 4) is 5.88 Å². The highest BCUT2D eigenvalue weighted by Crippen LogP contribution is 2.24. The van der Waals surface area contributed by atoms with Gasteiger partial charge in [0.2, 0.25) is 5.88 Å². The minimum Gasteiger partial charge on any atom is -0.473 e. The van der Waals surface area contributed by atoms with Crippen LogP contribution in [-0.2, 0) is 4.74 Å². The van der Waals surface area contributed by atoms with Crippen molar-refractivity contribution in [1.29, 1.82) is 0 Å². The van der Waals surface area contributed by atoms with Crippen molar-refractivity contribution >= 4 is 5.69 Å². The summed E-state index contributed by atoms with van der Waals surface area (Å²) < 4.78 is 11.1. The number of ether oxygens (including phenoxy) is 2. The SMILES string of the molecule is CC(C)Oc1ncccc1NC1CCCOC1. The van der Waals surface area contributed by atoms with Crippen LogP contribution in [0.2, 0.25) is 0 Å². The Morgan fingerprint density at radius 2 is 2.41 bits per heavy atom. The van der Waals surface area contributed by atoms with Crippen LogP contribution in [0.4, 0.5) is 5.69 Å². The molecule has 1 aliphatic heterocycles. The van der Waals surface area contributed by atoms with Gasteiger partial charge in [-0.3, -0.25) is 0 Å². The highest BCUT2D eigenvalue weighted by molar-refractivity contribution is 5.52. The fourth-order valence-corrected chi connectivity index (χ4v) is 1.89. The topological polar surface area (TPSA) is 43.4 Å². The molecule has 4 nitrogen and oxygen atoms in total. The van der Waals surface area contributed by atoms with Gasteiger partial charge in [-0.1, -0.05) is 0 Å². The average molecular weight is 236 g/mol. The number of anilines is 1. The van der Waals surface area contributed by atoms with Gasteiger partial charge in [0.25, 0.3) is 0 Å². The number of rotatable bonds is 4. The number of nitrogens with one attached hydrogen (secondary N) is 1. The normalized spacial score (nSPS) is 20.3. The first-order valence-corrected chi connectivity index (χ1v) is 6.21. The van der Waals surface area contributed by atoms with E-state index in [1.54, 1.807) is 6.20 Å². The van der Waals surface area contributed by atoms with E-state index in [0.717, 1.165) is 31.7 Å². The van der Waals surface area contributed by atoms with E-state index in [2.05, 4.69) is 10.3 Å². The van der Waals surface area contributed by atoms with E-state index in [4.69, 9.17) is 9.47 Å². The molecule has 1 aliphatic rings. The maximum atomic E-state index is 5.67. The molecule has 1 aromatic heterocycles. The van der Waals surface area contributed by atoms with Crippen molar-refractivity contribution in [2.45, 2.75) is 38.8 Å². The van der Waals surface area contributed by atoms with E-state index < -0.39 is 0 Å². The highest BCUT2D eigenvalue weighted by atomic mass is 16.5. The Hall–Kier alpha value is -1.29. The van der Waals surface area contributed by atoms with E-state index in [0.29, 0.717) is 11.9 Å². The molecular weight excluding hydrogens is 216 g/mol. The van der Waals surface area contributed by atoms with Crippen molar-refractivity contribution in [2.75, 3.05) is 18.5 Å². The van der Waals surface area contributed by atoms with Gasteiger partial charge in [-0.05, 0) is 38.8 Å². The molecule has 1 fully saturated rings. The Labute approximate surface area is 102 Å². The number of pyridine rings is 1. The third-order valence-electron chi connectivity index (χ3n) is 2.64. The predicted octanol–water partition coefficient (Wildman–Crippen LogP) is 2.46. The maximum Gasteiger partial charge on any atom is 0.237 e. The summed E-state index contributed by atoms with van der Waals surface area (Å²) in [6.45, 7) is 5.64. The summed E-state index contributed by atoms with van der Waals surface area (Å²) >= 11 is 0. The molecule has 1 N–H and O–H groups in total. The molecule has 94 valence electrons. The lowest BCUT2D eigenvalue weighted by molar-refractivity contribution is 0.0874. The second-order valence-corrected chi connectivity index (χ2v) is 4.58. The van der Waals surface area contributed by atoms with Gasteiger partial charge in [0.15, 0.2) is 0 Å². The van der Waals surface area contributed by atoms with Crippen LogP contribution in [0.15, 0.2) is 18.3 Å². The Bertz CT molecular complexity index is 349. The molecule has 1 atom stereocenters. The van der Waals surface area contributed by atoms with Gasteiger partial charge in [-0.25, -0.2) is 4.98 Å². The van der Waals surface area contributed by atoms with Gasteiger partial charge in [0, 0.05) is 18.8 Å². The molecule has 0 bridgehead atoms. The summed E-state index contributed by atoms with van der Waals surface area (Å²) in [7, 11) is 0. The first-order valence-electron chi connectivity index (χ1n) is 6.21. The van der Waals surface area contributed by atoms with Gasteiger partial charge in [0.05, 0.1) is 18.4 Å². The zero-order valence-corrected chi connectivity index (χ0v) is 10.5. The molecule has 0 radical (unpaired) electrons. The van der Waals surface area contributed by atoms with Crippen LogP contribution in [-0.4, -0.2) is 30.3 Å². The Balaban J connectivity index is 2.03. The summed E-state index contributed by atoms with van der Waals surface area (Å²) in [4.78, 5) is 4.26.